The zero-order chi connectivity index (χ0) is 38.0. The van der Waals surface area contributed by atoms with Gasteiger partial charge in [-0.15, -0.1) is 0 Å². The van der Waals surface area contributed by atoms with Gasteiger partial charge in [-0.1, -0.05) is 48.5 Å². The molecule has 0 aliphatic carbocycles. The van der Waals surface area contributed by atoms with Crippen molar-refractivity contribution in [3.63, 3.8) is 0 Å². The van der Waals surface area contributed by atoms with Gasteiger partial charge in [-0.2, -0.15) is 26.3 Å². The summed E-state index contributed by atoms with van der Waals surface area (Å²) in [6, 6.07) is 23.5. The summed E-state index contributed by atoms with van der Waals surface area (Å²) in [4.78, 5) is 32.5. The van der Waals surface area contributed by atoms with Crippen LogP contribution in [0.15, 0.2) is 77.7 Å². The number of carbonyl (C=O) groups is 2. The minimum absolute atomic E-state index is 0.0272. The second-order valence-electron chi connectivity index (χ2n) is 10.8. The Hall–Kier alpha value is -5.01. The maximum Gasteiger partial charge on any atom is 0.490 e. The summed E-state index contributed by atoms with van der Waals surface area (Å²) in [6.07, 6.45) is -8.44. The van der Waals surface area contributed by atoms with Crippen LogP contribution in [0.25, 0.3) is 22.3 Å². The van der Waals surface area contributed by atoms with Crippen LogP contribution in [-0.4, -0.2) is 97.6 Å². The summed E-state index contributed by atoms with van der Waals surface area (Å²) in [7, 11) is -2.41. The molecule has 3 aromatic carbocycles. The number of rotatable bonds is 7. The quantitative estimate of drug-likeness (QED) is 0.218. The van der Waals surface area contributed by atoms with Crippen molar-refractivity contribution in [1.29, 1.82) is 0 Å². The highest BCUT2D eigenvalue weighted by molar-refractivity contribution is 7.89. The number of primary sulfonamides is 1. The van der Waals surface area contributed by atoms with Crippen LogP contribution in [0, 0.1) is 0 Å². The Bertz CT molecular complexity index is 1890. The van der Waals surface area contributed by atoms with Crippen LogP contribution < -0.4 is 14.8 Å². The molecule has 19 heteroatoms. The fourth-order valence-corrected chi connectivity index (χ4v) is 5.56. The van der Waals surface area contributed by atoms with Crippen LogP contribution in [0.3, 0.4) is 0 Å². The number of carboxylic acid groups (broad SMARTS) is 2. The summed E-state index contributed by atoms with van der Waals surface area (Å²) >= 11 is 0. The monoisotopic (exact) mass is 745 g/mol. The lowest BCUT2D eigenvalue weighted by Gasteiger charge is -2.24. The van der Waals surface area contributed by atoms with E-state index >= 15 is 0 Å². The number of methoxy groups -OCH3 is 1. The number of benzene rings is 3. The SMILES string of the molecule is COc1ccc(CCN2CCCN(c3nc(-c4ccccc4)nc4ccccc34)CC2)cc1S(N)(=O)=O.O=C(O)C(F)(F)F.O=C(O)C(F)(F)F. The van der Waals surface area contributed by atoms with Gasteiger partial charge in [0.05, 0.1) is 12.6 Å². The van der Waals surface area contributed by atoms with Crippen molar-refractivity contribution in [1.82, 2.24) is 14.9 Å². The number of sulfonamides is 1. The summed E-state index contributed by atoms with van der Waals surface area (Å²) < 4.78 is 92.6. The Labute approximate surface area is 288 Å². The predicted molar refractivity (Wildman–Crippen MR) is 174 cm³/mol. The number of aromatic nitrogens is 2. The van der Waals surface area contributed by atoms with Gasteiger partial charge in [0.2, 0.25) is 10.0 Å². The van der Waals surface area contributed by atoms with Gasteiger partial charge in [0.15, 0.2) is 5.82 Å². The number of hydrogen-bond acceptors (Lipinski definition) is 9. The van der Waals surface area contributed by atoms with Crippen molar-refractivity contribution >= 4 is 38.7 Å². The van der Waals surface area contributed by atoms with Crippen molar-refractivity contribution in [3.05, 3.63) is 78.4 Å². The zero-order valence-electron chi connectivity index (χ0n) is 26.9. The molecule has 1 fully saturated rings. The molecule has 12 nitrogen and oxygen atoms in total. The van der Waals surface area contributed by atoms with Crippen LogP contribution in [0.2, 0.25) is 0 Å². The third kappa shape index (κ3) is 12.1. The van der Waals surface area contributed by atoms with Crippen molar-refractivity contribution in [2.75, 3.05) is 44.7 Å². The number of fused-ring (bicyclic) bond motifs is 1. The highest BCUT2D eigenvalue weighted by atomic mass is 32.2. The topological polar surface area (TPSA) is 176 Å². The molecule has 1 saturated heterocycles. The van der Waals surface area contributed by atoms with Gasteiger partial charge >= 0.3 is 24.3 Å². The molecule has 1 aliphatic rings. The Balaban J connectivity index is 0.000000424. The first-order valence-corrected chi connectivity index (χ1v) is 16.5. The summed E-state index contributed by atoms with van der Waals surface area (Å²) in [5.74, 6) is -3.54. The number of hydrogen-bond donors (Lipinski definition) is 3. The summed E-state index contributed by atoms with van der Waals surface area (Å²) in [5, 5.41) is 20.7. The highest BCUT2D eigenvalue weighted by Crippen LogP contribution is 2.29. The molecule has 0 spiro atoms. The van der Waals surface area contributed by atoms with Gasteiger partial charge in [0.1, 0.15) is 16.5 Å². The average Bonchev–Trinajstić information content (AvgIpc) is 3.32. The highest BCUT2D eigenvalue weighted by Gasteiger charge is 2.39. The molecule has 276 valence electrons. The number of para-hydroxylation sites is 1. The van der Waals surface area contributed by atoms with E-state index in [9.17, 15) is 34.8 Å². The first kappa shape index (κ1) is 40.4. The maximum absolute atomic E-state index is 12.0. The Kier molecular flexibility index (Phi) is 13.7. The van der Waals surface area contributed by atoms with Gasteiger partial charge in [-0.3, -0.25) is 0 Å². The molecule has 0 atom stereocenters. The summed E-state index contributed by atoms with van der Waals surface area (Å²) in [5.41, 5.74) is 2.86. The molecule has 0 amide bonds. The second-order valence-corrected chi connectivity index (χ2v) is 12.4. The Morgan fingerprint density at radius 1 is 0.843 bits per heavy atom. The normalized spacial score (nSPS) is 14.0. The summed E-state index contributed by atoms with van der Waals surface area (Å²) in [6.45, 7) is 4.43. The molecule has 1 aliphatic heterocycles. The number of nitrogens with two attached hydrogens (primary N) is 1. The van der Waals surface area contributed by atoms with Crippen LogP contribution in [0.5, 0.6) is 5.75 Å². The minimum atomic E-state index is -5.08. The fourth-order valence-electron chi connectivity index (χ4n) is 4.81. The van der Waals surface area contributed by atoms with Gasteiger partial charge in [-0.05, 0) is 49.2 Å². The molecule has 2 heterocycles. The number of halogens is 6. The number of aliphatic carboxylic acids is 2. The van der Waals surface area contributed by atoms with Crippen molar-refractivity contribution in [3.8, 4) is 17.1 Å². The van der Waals surface area contributed by atoms with Gasteiger partial charge < -0.3 is 24.7 Å². The Morgan fingerprint density at radius 2 is 1.43 bits per heavy atom. The number of nitrogens with zero attached hydrogens (tertiary/aromatic N) is 4. The van der Waals surface area contributed by atoms with E-state index in [1.807, 2.05) is 54.6 Å². The van der Waals surface area contributed by atoms with Gasteiger partial charge in [0.25, 0.3) is 0 Å². The van der Waals surface area contributed by atoms with E-state index in [0.29, 0.717) is 0 Å². The lowest BCUT2D eigenvalue weighted by Crippen LogP contribution is -2.32. The van der Waals surface area contributed by atoms with E-state index < -0.39 is 34.3 Å². The van der Waals surface area contributed by atoms with Crippen molar-refractivity contribution in [2.45, 2.75) is 30.1 Å². The molecular weight excluding hydrogens is 712 g/mol. The van der Waals surface area contributed by atoms with E-state index in [4.69, 9.17) is 39.6 Å². The van der Waals surface area contributed by atoms with Crippen LogP contribution in [0.4, 0.5) is 32.2 Å². The van der Waals surface area contributed by atoms with Crippen LogP contribution in [0.1, 0.15) is 12.0 Å². The molecule has 1 aromatic heterocycles. The van der Waals surface area contributed by atoms with Gasteiger partial charge in [0, 0.05) is 37.1 Å². The largest absolute Gasteiger partial charge is 0.495 e. The van der Waals surface area contributed by atoms with Crippen LogP contribution in [-0.2, 0) is 26.0 Å². The van der Waals surface area contributed by atoms with Crippen LogP contribution >= 0.6 is 0 Å². The molecule has 4 N–H and O–H groups in total. The zero-order valence-corrected chi connectivity index (χ0v) is 27.7. The first-order chi connectivity index (χ1) is 23.8. The van der Waals surface area contributed by atoms with Gasteiger partial charge in [-0.25, -0.2) is 33.1 Å². The predicted octanol–water partition coefficient (Wildman–Crippen LogP) is 4.97. The molecule has 5 rings (SSSR count). The van der Waals surface area contributed by atoms with Crippen molar-refractivity contribution < 1.29 is 59.3 Å². The third-order valence-corrected chi connectivity index (χ3v) is 8.17. The fraction of sp³-hybridized carbons (Fsp3) is 0.312. The van der Waals surface area contributed by atoms with E-state index in [-0.39, 0.29) is 10.6 Å². The minimum Gasteiger partial charge on any atom is -0.495 e. The smallest absolute Gasteiger partial charge is 0.490 e. The number of anilines is 1. The number of alkyl halides is 6. The van der Waals surface area contributed by atoms with E-state index in [1.54, 1.807) is 12.1 Å². The number of ether oxygens (including phenoxy) is 1. The first-order valence-electron chi connectivity index (χ1n) is 14.9. The lowest BCUT2D eigenvalue weighted by molar-refractivity contribution is -0.193. The molecule has 0 radical (unpaired) electrons. The second kappa shape index (κ2) is 17.3. The maximum atomic E-state index is 12.0. The lowest BCUT2D eigenvalue weighted by atomic mass is 10.1. The van der Waals surface area contributed by atoms with E-state index in [0.717, 1.165) is 79.2 Å². The van der Waals surface area contributed by atoms with E-state index in [1.165, 1.54) is 7.11 Å². The third-order valence-electron chi connectivity index (χ3n) is 7.24. The van der Waals surface area contributed by atoms with E-state index in [2.05, 4.69) is 15.9 Å². The van der Waals surface area contributed by atoms with Crippen molar-refractivity contribution in [2.24, 2.45) is 5.14 Å². The Morgan fingerprint density at radius 3 is 2.00 bits per heavy atom. The molecule has 0 unspecified atom stereocenters. The molecule has 0 bridgehead atoms. The molecule has 51 heavy (non-hydrogen) atoms. The molecule has 4 aromatic rings. The standard InChI is InChI=1S/C28H31N5O3S.2C2HF3O2/c1-36-25-13-12-21(20-26(25)37(29,34)35)14-17-32-15-7-16-33(19-18-32)28-23-10-5-6-11-24(23)30-27(31-28)22-8-3-2-4-9-22;2*3-2(4,5)1(6)7/h2-6,8-13,20H,7,14-19H2,1H3,(H2,29,34,35);2*(H,6,7). The number of carboxylic acids is 2. The molecular formula is C32H33F6N5O7S. The molecule has 0 saturated carbocycles. The average molecular weight is 746 g/mol.